The Morgan fingerprint density at radius 1 is 1.20 bits per heavy atom. The van der Waals surface area contributed by atoms with Gasteiger partial charge in [-0.25, -0.2) is 10.4 Å². The first-order valence-corrected chi connectivity index (χ1v) is 6.14. The van der Waals surface area contributed by atoms with Gasteiger partial charge in [-0.3, -0.25) is 4.79 Å². The van der Waals surface area contributed by atoms with Gasteiger partial charge in [0.1, 0.15) is 0 Å². The molecule has 98 valence electrons. The van der Waals surface area contributed by atoms with Gasteiger partial charge in [0.05, 0.1) is 23.6 Å². The highest BCUT2D eigenvalue weighted by atomic mass is 16.2. The average Bonchev–Trinajstić information content (AvgIpc) is 2.95. The number of amides is 1. The van der Waals surface area contributed by atoms with Crippen molar-refractivity contribution in [2.24, 2.45) is 5.10 Å². The number of carbonyl (C=O) groups excluding carboxylic acids is 1. The van der Waals surface area contributed by atoms with Crippen LogP contribution in [0.2, 0.25) is 0 Å². The molecule has 0 aliphatic heterocycles. The Labute approximate surface area is 115 Å². The highest BCUT2D eigenvalue weighted by Crippen LogP contribution is 2.11. The number of H-pyrrole nitrogens is 1. The zero-order valence-electron chi connectivity index (χ0n) is 10.6. The Morgan fingerprint density at radius 2 is 2.05 bits per heavy atom. The second-order valence-corrected chi connectivity index (χ2v) is 4.24. The van der Waals surface area contributed by atoms with Crippen LogP contribution < -0.4 is 5.43 Å². The van der Waals surface area contributed by atoms with Crippen molar-refractivity contribution in [3.05, 3.63) is 66.0 Å². The molecule has 0 aliphatic rings. The van der Waals surface area contributed by atoms with Crippen LogP contribution in [0.25, 0.3) is 11.0 Å². The summed E-state index contributed by atoms with van der Waals surface area (Å²) in [5.41, 5.74) is 5.61. The predicted octanol–water partition coefficient (Wildman–Crippen LogP) is 2.33. The van der Waals surface area contributed by atoms with Crippen molar-refractivity contribution in [2.75, 3.05) is 0 Å². The molecule has 2 N–H and O–H groups in total. The van der Waals surface area contributed by atoms with Gasteiger partial charge in [0, 0.05) is 5.56 Å². The first-order valence-electron chi connectivity index (χ1n) is 6.14. The Hall–Kier alpha value is -2.95. The van der Waals surface area contributed by atoms with Crippen LogP contribution in [-0.4, -0.2) is 22.1 Å². The summed E-state index contributed by atoms with van der Waals surface area (Å²) >= 11 is 0. The topological polar surface area (TPSA) is 70.1 Å². The molecule has 1 heterocycles. The summed E-state index contributed by atoms with van der Waals surface area (Å²) in [5.74, 6) is -0.256. The lowest BCUT2D eigenvalue weighted by Crippen LogP contribution is -2.17. The van der Waals surface area contributed by atoms with Crippen LogP contribution in [0.3, 0.4) is 0 Å². The molecule has 0 saturated carbocycles. The minimum atomic E-state index is -0.256. The minimum absolute atomic E-state index is 0.256. The number of imidazole rings is 1. The number of hydrogen-bond donors (Lipinski definition) is 2. The molecule has 5 heteroatoms. The van der Waals surface area contributed by atoms with E-state index in [2.05, 4.69) is 20.5 Å². The Kier molecular flexibility index (Phi) is 3.24. The van der Waals surface area contributed by atoms with E-state index in [4.69, 9.17) is 0 Å². The highest BCUT2D eigenvalue weighted by Gasteiger charge is 2.05. The molecule has 0 bridgehead atoms. The van der Waals surface area contributed by atoms with Crippen LogP contribution in [0.15, 0.2) is 60.0 Å². The molecule has 0 unspecified atom stereocenters. The van der Waals surface area contributed by atoms with Gasteiger partial charge < -0.3 is 4.98 Å². The van der Waals surface area contributed by atoms with Crippen molar-refractivity contribution in [1.29, 1.82) is 0 Å². The van der Waals surface area contributed by atoms with E-state index in [1.807, 2.05) is 30.3 Å². The van der Waals surface area contributed by atoms with E-state index in [-0.39, 0.29) is 5.91 Å². The number of fused-ring (bicyclic) bond motifs is 1. The number of rotatable bonds is 3. The molecule has 0 radical (unpaired) electrons. The fourth-order valence-corrected chi connectivity index (χ4v) is 1.85. The van der Waals surface area contributed by atoms with E-state index in [1.54, 1.807) is 30.7 Å². The molecule has 3 rings (SSSR count). The normalized spacial score (nSPS) is 11.0. The number of benzene rings is 2. The Morgan fingerprint density at radius 3 is 2.90 bits per heavy atom. The van der Waals surface area contributed by atoms with Gasteiger partial charge in [-0.15, -0.1) is 0 Å². The van der Waals surface area contributed by atoms with Crippen molar-refractivity contribution < 1.29 is 4.79 Å². The summed E-state index contributed by atoms with van der Waals surface area (Å²) in [6.45, 7) is 0. The second-order valence-electron chi connectivity index (χ2n) is 4.24. The van der Waals surface area contributed by atoms with E-state index in [9.17, 15) is 4.79 Å². The van der Waals surface area contributed by atoms with E-state index in [0.717, 1.165) is 16.6 Å². The lowest BCUT2D eigenvalue weighted by Gasteiger charge is -1.99. The van der Waals surface area contributed by atoms with Crippen LogP contribution >= 0.6 is 0 Å². The smallest absolute Gasteiger partial charge is 0.271 e. The van der Waals surface area contributed by atoms with Crippen molar-refractivity contribution in [3.8, 4) is 0 Å². The lowest BCUT2D eigenvalue weighted by atomic mass is 10.2. The zero-order valence-corrected chi connectivity index (χ0v) is 10.6. The number of hydrazone groups is 1. The molecule has 1 aromatic heterocycles. The number of aromatic amines is 1. The van der Waals surface area contributed by atoms with E-state index in [1.165, 1.54) is 0 Å². The first kappa shape index (κ1) is 12.1. The van der Waals surface area contributed by atoms with E-state index in [0.29, 0.717) is 5.56 Å². The Bertz CT molecular complexity index is 762. The van der Waals surface area contributed by atoms with Crippen molar-refractivity contribution in [3.63, 3.8) is 0 Å². The molecule has 2 aromatic carbocycles. The van der Waals surface area contributed by atoms with Crippen LogP contribution in [-0.2, 0) is 0 Å². The van der Waals surface area contributed by atoms with Gasteiger partial charge in [0.15, 0.2) is 0 Å². The van der Waals surface area contributed by atoms with Gasteiger partial charge in [0.2, 0.25) is 0 Å². The number of nitrogens with zero attached hydrogens (tertiary/aromatic N) is 2. The van der Waals surface area contributed by atoms with Gasteiger partial charge in [0.25, 0.3) is 5.91 Å². The number of aromatic nitrogens is 2. The van der Waals surface area contributed by atoms with Gasteiger partial charge in [-0.05, 0) is 23.8 Å². The number of carbonyl (C=O) groups is 1. The van der Waals surface area contributed by atoms with Crippen molar-refractivity contribution >= 4 is 23.2 Å². The molecule has 0 saturated heterocycles. The SMILES string of the molecule is O=C(NN=Cc1ccccc1)c1ccc2nc[nH]c2c1. The molecule has 0 aliphatic carbocycles. The molecule has 1 amide bonds. The summed E-state index contributed by atoms with van der Waals surface area (Å²) in [4.78, 5) is 19.0. The molecule has 0 spiro atoms. The molecule has 20 heavy (non-hydrogen) atoms. The van der Waals surface area contributed by atoms with Crippen LogP contribution in [0, 0.1) is 0 Å². The summed E-state index contributed by atoms with van der Waals surface area (Å²) in [7, 11) is 0. The minimum Gasteiger partial charge on any atom is -0.345 e. The summed E-state index contributed by atoms with van der Waals surface area (Å²) in [6, 6.07) is 14.8. The van der Waals surface area contributed by atoms with Crippen molar-refractivity contribution in [1.82, 2.24) is 15.4 Å². The number of hydrogen-bond acceptors (Lipinski definition) is 3. The van der Waals surface area contributed by atoms with E-state index >= 15 is 0 Å². The molecular formula is C15H12N4O. The fourth-order valence-electron chi connectivity index (χ4n) is 1.85. The first-order chi connectivity index (χ1) is 9.83. The molecule has 0 atom stereocenters. The van der Waals surface area contributed by atoms with Crippen LogP contribution in [0.4, 0.5) is 0 Å². The lowest BCUT2D eigenvalue weighted by molar-refractivity contribution is 0.0955. The number of nitrogens with one attached hydrogen (secondary N) is 2. The van der Waals surface area contributed by atoms with E-state index < -0.39 is 0 Å². The third-order valence-corrected chi connectivity index (χ3v) is 2.86. The predicted molar refractivity (Wildman–Crippen MR) is 77.6 cm³/mol. The average molecular weight is 264 g/mol. The maximum absolute atomic E-state index is 11.9. The molecule has 3 aromatic rings. The summed E-state index contributed by atoms with van der Waals surface area (Å²) in [6.07, 6.45) is 3.20. The fraction of sp³-hybridized carbons (Fsp3) is 0. The van der Waals surface area contributed by atoms with Crippen LogP contribution in [0.5, 0.6) is 0 Å². The molecular weight excluding hydrogens is 252 g/mol. The van der Waals surface area contributed by atoms with Crippen LogP contribution in [0.1, 0.15) is 15.9 Å². The maximum atomic E-state index is 11.9. The summed E-state index contributed by atoms with van der Waals surface area (Å²) < 4.78 is 0. The summed E-state index contributed by atoms with van der Waals surface area (Å²) in [5, 5.41) is 3.94. The third-order valence-electron chi connectivity index (χ3n) is 2.86. The quantitative estimate of drug-likeness (QED) is 0.563. The maximum Gasteiger partial charge on any atom is 0.271 e. The standard InChI is InChI=1S/C15H12N4O/c20-15(19-18-9-11-4-2-1-3-5-11)12-6-7-13-14(8-12)17-10-16-13/h1-10H,(H,16,17)(H,19,20). The third kappa shape index (κ3) is 2.56. The Balaban J connectivity index is 1.71. The molecule has 0 fully saturated rings. The second kappa shape index (κ2) is 5.36. The van der Waals surface area contributed by atoms with Crippen molar-refractivity contribution in [2.45, 2.75) is 0 Å². The largest absolute Gasteiger partial charge is 0.345 e. The highest BCUT2D eigenvalue weighted by molar-refractivity contribution is 5.97. The monoisotopic (exact) mass is 264 g/mol. The van der Waals surface area contributed by atoms with Gasteiger partial charge >= 0.3 is 0 Å². The molecule has 5 nitrogen and oxygen atoms in total. The van der Waals surface area contributed by atoms with Gasteiger partial charge in [-0.2, -0.15) is 5.10 Å². The zero-order chi connectivity index (χ0) is 13.8. The van der Waals surface area contributed by atoms with Gasteiger partial charge in [-0.1, -0.05) is 30.3 Å².